The van der Waals surface area contributed by atoms with Gasteiger partial charge in [0, 0.05) is 94.9 Å². The number of halogens is 8. The highest BCUT2D eigenvalue weighted by Crippen LogP contribution is 2.31. The van der Waals surface area contributed by atoms with Crippen molar-refractivity contribution in [3.8, 4) is 0 Å². The average molecular weight is 1410 g/mol. The fraction of sp³-hybridized carbons (Fsp3) is 0.0179. The summed E-state index contributed by atoms with van der Waals surface area (Å²) in [6.07, 6.45) is -4.48. The van der Waals surface area contributed by atoms with Gasteiger partial charge in [-0.05, 0) is 170 Å². The number of alkyl halides is 3. The standard InChI is InChI=1S/C20H15ClF3N3O3S.C12H9ClN2O4S.C12H11ClN2O2S.C6H4ClNO4S.C6H6ClN/c21-14-6-10-16(11-7-14)27-31(29,30)18-3-1-2-17(12-18)26-19(28)25-15-8-4-13(5-9-15)20(22,23)24;13-9-4-6-10(7-5-9)14-20(18,19)12-3-1-2-11(8-12)15(16)17;13-9-4-6-11(7-5-9)15-18(16,17)12-3-1-2-10(14)8-12;7-13(11,12)6-3-1-2-5(4-6)8(9)10;7-5-1-3-6(8)4-2-5/h1-12,27H,(H2,25,26,28);1-8,14H;1-8,15H,14H2;1-4H;1-4H,8H2. The van der Waals surface area contributed by atoms with Gasteiger partial charge in [0.25, 0.3) is 50.5 Å². The van der Waals surface area contributed by atoms with Crippen LogP contribution in [0, 0.1) is 20.2 Å². The summed E-state index contributed by atoms with van der Waals surface area (Å²) in [5, 5.41) is 27.9. The minimum absolute atomic E-state index is 0.102. The van der Waals surface area contributed by atoms with E-state index in [2.05, 4.69) is 24.8 Å². The van der Waals surface area contributed by atoms with E-state index in [1.807, 2.05) is 0 Å². The molecule has 0 saturated heterocycles. The van der Waals surface area contributed by atoms with Crippen LogP contribution in [0.25, 0.3) is 0 Å². The van der Waals surface area contributed by atoms with Crippen LogP contribution in [-0.2, 0) is 45.3 Å². The summed E-state index contributed by atoms with van der Waals surface area (Å²) < 4.78 is 140. The molecule has 34 heteroatoms. The molecule has 0 aliphatic carbocycles. The quantitative estimate of drug-likeness (QED) is 0.0230. The number of nitrogen functional groups attached to an aromatic ring is 2. The molecule has 2 amide bonds. The minimum Gasteiger partial charge on any atom is -0.399 e. The minimum atomic E-state index is -4.48. The molecule has 90 heavy (non-hydrogen) atoms. The number of nitrogens with one attached hydrogen (secondary N) is 5. The Kier molecular flexibility index (Phi) is 25.6. The van der Waals surface area contributed by atoms with E-state index >= 15 is 0 Å². The number of hydrogen-bond acceptors (Lipinski definition) is 15. The second-order valence-electron chi connectivity index (χ2n) is 17.6. The Morgan fingerprint density at radius 2 is 0.722 bits per heavy atom. The molecule has 0 bridgehead atoms. The van der Waals surface area contributed by atoms with Gasteiger partial charge in [0.05, 0.1) is 35.0 Å². The Hall–Kier alpha value is -8.91. The van der Waals surface area contributed by atoms with Crippen LogP contribution in [0.5, 0.6) is 0 Å². The molecule has 0 saturated carbocycles. The van der Waals surface area contributed by atoms with Crippen molar-refractivity contribution in [2.75, 3.05) is 36.3 Å². The molecule has 0 spiro atoms. The van der Waals surface area contributed by atoms with Crippen LogP contribution in [0.2, 0.25) is 20.1 Å². The Morgan fingerprint density at radius 1 is 0.400 bits per heavy atom. The SMILES string of the molecule is Nc1ccc(Cl)cc1.Nc1cccc(S(=O)(=O)Nc2ccc(Cl)cc2)c1.O=C(Nc1ccc(C(F)(F)F)cc1)Nc1cccc(S(=O)(=O)Nc2ccc(Cl)cc2)c1.O=[N+]([O-])c1cccc(S(=O)(=O)Cl)c1.O=[N+]([O-])c1cccc(S(=O)(=O)Nc2ccc(Cl)cc2)c1. The number of benzene rings is 9. The number of nitro groups is 2. The molecule has 0 aliphatic heterocycles. The van der Waals surface area contributed by atoms with E-state index in [0.29, 0.717) is 37.8 Å². The number of non-ortho nitro benzene ring substituents is 2. The van der Waals surface area contributed by atoms with Gasteiger partial charge in [-0.3, -0.25) is 34.4 Å². The van der Waals surface area contributed by atoms with E-state index in [1.54, 1.807) is 60.7 Å². The fourth-order valence-corrected chi connectivity index (χ4v) is 11.2. The molecule has 472 valence electrons. The van der Waals surface area contributed by atoms with E-state index in [9.17, 15) is 71.9 Å². The summed E-state index contributed by atoms with van der Waals surface area (Å²) >= 11 is 22.8. The highest BCUT2D eigenvalue weighted by atomic mass is 35.7. The maximum absolute atomic E-state index is 12.6. The predicted octanol–water partition coefficient (Wildman–Crippen LogP) is 15.0. The van der Waals surface area contributed by atoms with Gasteiger partial charge in [-0.25, -0.2) is 38.5 Å². The summed E-state index contributed by atoms with van der Waals surface area (Å²) in [7, 11) is -10.3. The van der Waals surface area contributed by atoms with Gasteiger partial charge in [0.1, 0.15) is 0 Å². The molecule has 9 aromatic rings. The van der Waals surface area contributed by atoms with Crippen molar-refractivity contribution in [2.45, 2.75) is 25.8 Å². The van der Waals surface area contributed by atoms with Crippen molar-refractivity contribution in [3.05, 3.63) is 264 Å². The van der Waals surface area contributed by atoms with Crippen molar-refractivity contribution in [1.82, 2.24) is 0 Å². The van der Waals surface area contributed by atoms with E-state index in [-0.39, 0.29) is 42.3 Å². The normalized spacial score (nSPS) is 11.1. The number of carbonyl (C=O) groups is 1. The largest absolute Gasteiger partial charge is 0.416 e. The number of nitrogens with zero attached hydrogens (tertiary/aromatic N) is 2. The van der Waals surface area contributed by atoms with Crippen molar-refractivity contribution < 1.29 is 61.5 Å². The van der Waals surface area contributed by atoms with Crippen LogP contribution in [0.15, 0.2) is 238 Å². The lowest BCUT2D eigenvalue weighted by Crippen LogP contribution is -2.20. The molecule has 9 aromatic carbocycles. The van der Waals surface area contributed by atoms with Gasteiger partial charge in [0.15, 0.2) is 0 Å². The molecule has 22 nitrogen and oxygen atoms in total. The number of nitro benzene ring substituents is 2. The smallest absolute Gasteiger partial charge is 0.399 e. The summed E-state index contributed by atoms with van der Waals surface area (Å²) in [6.45, 7) is 0. The zero-order valence-corrected chi connectivity index (χ0v) is 52.3. The third-order valence-electron chi connectivity index (χ3n) is 10.8. The summed E-state index contributed by atoms with van der Waals surface area (Å²) in [6, 6.07) is 49.7. The van der Waals surface area contributed by atoms with E-state index in [0.717, 1.165) is 47.1 Å². The first kappa shape index (κ1) is 71.8. The number of carbonyl (C=O) groups excluding carboxylic acids is 1. The number of nitrogens with two attached hydrogens (primary N) is 2. The Morgan fingerprint density at radius 3 is 1.09 bits per heavy atom. The summed E-state index contributed by atoms with van der Waals surface area (Å²) in [5.74, 6) is 0. The molecule has 0 aliphatic rings. The van der Waals surface area contributed by atoms with Crippen LogP contribution in [0.3, 0.4) is 0 Å². The molecule has 0 aromatic heterocycles. The highest BCUT2D eigenvalue weighted by molar-refractivity contribution is 8.13. The lowest BCUT2D eigenvalue weighted by atomic mass is 10.2. The first-order valence-electron chi connectivity index (χ1n) is 24.6. The zero-order chi connectivity index (χ0) is 66.6. The molecule has 0 atom stereocenters. The van der Waals surface area contributed by atoms with Crippen molar-refractivity contribution >= 4 is 153 Å². The molecule has 0 radical (unpaired) electrons. The fourth-order valence-electron chi connectivity index (χ4n) is 6.63. The first-order valence-corrected chi connectivity index (χ1v) is 32.9. The number of sulfonamides is 3. The number of rotatable bonds is 14. The Labute approximate surface area is 537 Å². The van der Waals surface area contributed by atoms with E-state index < -0.39 is 66.7 Å². The predicted molar refractivity (Wildman–Crippen MR) is 343 cm³/mol. The van der Waals surface area contributed by atoms with E-state index in [1.165, 1.54) is 121 Å². The molecule has 9 N–H and O–H groups in total. The number of urea groups is 1. The Balaban J connectivity index is 0.000000218. The second kappa shape index (κ2) is 32.0. The van der Waals surface area contributed by atoms with Crippen LogP contribution >= 0.6 is 57.1 Å². The molecule has 0 unspecified atom stereocenters. The zero-order valence-electron chi connectivity index (χ0n) is 45.3. The highest BCUT2D eigenvalue weighted by Gasteiger charge is 2.30. The van der Waals surface area contributed by atoms with Crippen molar-refractivity contribution in [3.63, 3.8) is 0 Å². The van der Waals surface area contributed by atoms with Gasteiger partial charge < -0.3 is 22.1 Å². The first-order chi connectivity index (χ1) is 42.1. The lowest BCUT2D eigenvalue weighted by molar-refractivity contribution is -0.385. The molecule has 9 rings (SSSR count). The third kappa shape index (κ3) is 23.9. The topological polar surface area (TPSA) is 352 Å². The molecular weight excluding hydrogens is 1370 g/mol. The third-order valence-corrected chi connectivity index (χ3v) is 17.3. The van der Waals surface area contributed by atoms with Gasteiger partial charge in [0.2, 0.25) is 0 Å². The van der Waals surface area contributed by atoms with E-state index in [4.69, 9.17) is 68.6 Å². The van der Waals surface area contributed by atoms with Gasteiger partial charge >= 0.3 is 12.2 Å². The maximum atomic E-state index is 12.6. The van der Waals surface area contributed by atoms with Gasteiger partial charge in [-0.2, -0.15) is 13.2 Å². The number of hydrogen-bond donors (Lipinski definition) is 7. The van der Waals surface area contributed by atoms with Crippen LogP contribution < -0.4 is 36.3 Å². The van der Waals surface area contributed by atoms with Crippen LogP contribution in [0.4, 0.5) is 69.2 Å². The summed E-state index contributed by atoms with van der Waals surface area (Å²) in [5.41, 5.74) is 12.0. The van der Waals surface area contributed by atoms with Gasteiger partial charge in [-0.15, -0.1) is 0 Å². The average Bonchev–Trinajstić information content (AvgIpc) is 3.68. The molecule has 0 fully saturated rings. The summed E-state index contributed by atoms with van der Waals surface area (Å²) in [4.78, 5) is 31.3. The lowest BCUT2D eigenvalue weighted by Gasteiger charge is -2.12. The Bertz CT molecular complexity index is 4420. The molecule has 0 heterocycles. The molecular formula is C56H45Cl5F3N9O13S4. The van der Waals surface area contributed by atoms with Crippen molar-refractivity contribution in [1.29, 1.82) is 0 Å². The van der Waals surface area contributed by atoms with Crippen LogP contribution in [-0.4, -0.2) is 49.5 Å². The maximum Gasteiger partial charge on any atom is 0.416 e. The van der Waals surface area contributed by atoms with Crippen LogP contribution in [0.1, 0.15) is 5.56 Å². The van der Waals surface area contributed by atoms with Gasteiger partial charge in [-0.1, -0.05) is 70.7 Å². The second-order valence-corrected chi connectivity index (χ2v) is 26.9. The number of amides is 2. The monoisotopic (exact) mass is 1410 g/mol. The number of anilines is 7. The van der Waals surface area contributed by atoms with Crippen molar-refractivity contribution in [2.24, 2.45) is 0 Å².